The van der Waals surface area contributed by atoms with E-state index in [0.29, 0.717) is 0 Å². The Morgan fingerprint density at radius 2 is 2.12 bits per heavy atom. The fourth-order valence-electron chi connectivity index (χ4n) is 0.991. The Labute approximate surface area is 96.3 Å². The van der Waals surface area contributed by atoms with Gasteiger partial charge in [-0.1, -0.05) is 16.8 Å². The minimum atomic E-state index is -3.67. The third-order valence-corrected chi connectivity index (χ3v) is 3.29. The molecule has 0 aliphatic rings. The molecule has 16 heavy (non-hydrogen) atoms. The second-order valence-electron chi connectivity index (χ2n) is 2.84. The molecule has 2 aromatic rings. The first-order valence-electron chi connectivity index (χ1n) is 4.12. The summed E-state index contributed by atoms with van der Waals surface area (Å²) < 4.78 is 30.3. The second kappa shape index (κ2) is 4.11. The summed E-state index contributed by atoms with van der Waals surface area (Å²) in [4.78, 5) is 3.69. The van der Waals surface area contributed by atoms with Gasteiger partial charge in [-0.15, -0.1) is 0 Å². The van der Waals surface area contributed by atoms with E-state index in [9.17, 15) is 8.42 Å². The molecule has 0 saturated carbocycles. The quantitative estimate of drug-likeness (QED) is 0.845. The van der Waals surface area contributed by atoms with Crippen LogP contribution in [-0.4, -0.2) is 18.6 Å². The van der Waals surface area contributed by atoms with Crippen LogP contribution in [-0.2, 0) is 10.0 Å². The van der Waals surface area contributed by atoms with Crippen LogP contribution >= 0.6 is 11.6 Å². The van der Waals surface area contributed by atoms with Gasteiger partial charge in [-0.25, -0.2) is 13.4 Å². The molecule has 0 aliphatic carbocycles. The lowest BCUT2D eigenvalue weighted by Gasteiger charge is -2.04. The number of halogens is 1. The molecule has 0 amide bonds. The van der Waals surface area contributed by atoms with Gasteiger partial charge in [-0.2, -0.15) is 0 Å². The Morgan fingerprint density at radius 1 is 1.31 bits per heavy atom. The normalized spacial score (nSPS) is 11.3. The van der Waals surface area contributed by atoms with Gasteiger partial charge in [-0.3, -0.25) is 4.72 Å². The number of pyridine rings is 1. The molecule has 0 atom stereocenters. The Bertz CT molecular complexity index is 565. The molecule has 8 heteroatoms. The minimum Gasteiger partial charge on any atom is -0.362 e. The number of sulfonamides is 1. The van der Waals surface area contributed by atoms with E-state index in [2.05, 4.69) is 19.4 Å². The number of hydrogen-bond acceptors (Lipinski definition) is 5. The SMILES string of the molecule is O=S(=O)(Nc1cnoc1)c1ccc(Cl)nc1. The maximum atomic E-state index is 11.7. The number of hydrogen-bond donors (Lipinski definition) is 1. The highest BCUT2D eigenvalue weighted by atomic mass is 35.5. The summed E-state index contributed by atoms with van der Waals surface area (Å²) in [7, 11) is -3.67. The van der Waals surface area contributed by atoms with E-state index in [-0.39, 0.29) is 15.7 Å². The highest BCUT2D eigenvalue weighted by Gasteiger charge is 2.15. The van der Waals surface area contributed by atoms with Gasteiger partial charge in [0.1, 0.15) is 22.0 Å². The topological polar surface area (TPSA) is 85.1 Å². The van der Waals surface area contributed by atoms with Crippen LogP contribution in [0.5, 0.6) is 0 Å². The molecule has 0 aliphatic heterocycles. The molecule has 1 N–H and O–H groups in total. The van der Waals surface area contributed by atoms with Gasteiger partial charge in [0, 0.05) is 6.20 Å². The fraction of sp³-hybridized carbons (Fsp3) is 0. The molecule has 0 aromatic carbocycles. The van der Waals surface area contributed by atoms with E-state index in [4.69, 9.17) is 11.6 Å². The van der Waals surface area contributed by atoms with Gasteiger partial charge < -0.3 is 4.52 Å². The van der Waals surface area contributed by atoms with Gasteiger partial charge in [0.2, 0.25) is 0 Å². The average molecular weight is 260 g/mol. The number of aromatic nitrogens is 2. The maximum Gasteiger partial charge on any atom is 0.263 e. The predicted molar refractivity (Wildman–Crippen MR) is 56.6 cm³/mol. The molecule has 84 valence electrons. The number of nitrogens with one attached hydrogen (secondary N) is 1. The number of anilines is 1. The van der Waals surface area contributed by atoms with Gasteiger partial charge >= 0.3 is 0 Å². The summed E-state index contributed by atoms with van der Waals surface area (Å²) in [5.41, 5.74) is 0.245. The Hall–Kier alpha value is -1.60. The van der Waals surface area contributed by atoms with E-state index in [0.717, 1.165) is 6.20 Å². The van der Waals surface area contributed by atoms with Crippen LogP contribution in [0.15, 0.2) is 40.2 Å². The zero-order valence-corrected chi connectivity index (χ0v) is 9.36. The third-order valence-electron chi connectivity index (χ3n) is 1.70. The second-order valence-corrected chi connectivity index (χ2v) is 4.90. The van der Waals surface area contributed by atoms with E-state index >= 15 is 0 Å². The lowest BCUT2D eigenvalue weighted by Crippen LogP contribution is -2.12. The molecular weight excluding hydrogens is 254 g/mol. The van der Waals surface area contributed by atoms with Gasteiger partial charge in [0.05, 0.1) is 6.20 Å². The molecule has 2 rings (SSSR count). The van der Waals surface area contributed by atoms with Gasteiger partial charge in [0.15, 0.2) is 0 Å². The van der Waals surface area contributed by atoms with Gasteiger partial charge in [0.25, 0.3) is 10.0 Å². The van der Waals surface area contributed by atoms with E-state index in [1.165, 1.54) is 24.6 Å². The standard InChI is InChI=1S/C8H6ClN3O3S/c9-8-2-1-7(4-10-8)16(13,14)12-6-3-11-15-5-6/h1-5,12H. The van der Waals surface area contributed by atoms with Crippen molar-refractivity contribution in [2.45, 2.75) is 4.90 Å². The fourth-order valence-corrected chi connectivity index (χ4v) is 2.07. The number of nitrogens with zero attached hydrogens (tertiary/aromatic N) is 2. The van der Waals surface area contributed by atoms with E-state index in [1.807, 2.05) is 0 Å². The van der Waals surface area contributed by atoms with Crippen LogP contribution in [0.25, 0.3) is 0 Å². The minimum absolute atomic E-state index is 0.0121. The molecular formula is C8H6ClN3O3S. The molecule has 0 spiro atoms. The molecule has 2 aromatic heterocycles. The molecule has 0 fully saturated rings. The van der Waals surface area contributed by atoms with E-state index in [1.54, 1.807) is 0 Å². The summed E-state index contributed by atoms with van der Waals surface area (Å²) in [6, 6.07) is 2.74. The molecule has 6 nitrogen and oxygen atoms in total. The van der Waals surface area contributed by atoms with Crippen molar-refractivity contribution in [3.8, 4) is 0 Å². The summed E-state index contributed by atoms with van der Waals surface area (Å²) in [5.74, 6) is 0. The molecule has 2 heterocycles. The molecule has 0 bridgehead atoms. The zero-order valence-electron chi connectivity index (χ0n) is 7.79. The van der Waals surface area contributed by atoms with Crippen molar-refractivity contribution < 1.29 is 12.9 Å². The van der Waals surface area contributed by atoms with Crippen molar-refractivity contribution in [1.29, 1.82) is 0 Å². The smallest absolute Gasteiger partial charge is 0.263 e. The Balaban J connectivity index is 2.29. The maximum absolute atomic E-state index is 11.7. The van der Waals surface area contributed by atoms with Crippen molar-refractivity contribution in [3.05, 3.63) is 35.9 Å². The average Bonchev–Trinajstić information content (AvgIpc) is 2.70. The van der Waals surface area contributed by atoms with Crippen LogP contribution in [0.1, 0.15) is 0 Å². The first-order chi connectivity index (χ1) is 7.58. The van der Waals surface area contributed by atoms with Crippen molar-refractivity contribution in [1.82, 2.24) is 10.1 Å². The largest absolute Gasteiger partial charge is 0.362 e. The Kier molecular flexibility index (Phi) is 2.80. The summed E-state index contributed by atoms with van der Waals surface area (Å²) >= 11 is 5.55. The summed E-state index contributed by atoms with van der Waals surface area (Å²) in [5, 5.41) is 3.60. The highest BCUT2D eigenvalue weighted by molar-refractivity contribution is 7.92. The van der Waals surface area contributed by atoms with Crippen molar-refractivity contribution >= 4 is 27.3 Å². The monoisotopic (exact) mass is 259 g/mol. The third kappa shape index (κ3) is 2.31. The summed E-state index contributed by atoms with van der Waals surface area (Å²) in [6.07, 6.45) is 3.60. The van der Waals surface area contributed by atoms with Crippen LogP contribution in [0.2, 0.25) is 5.15 Å². The predicted octanol–water partition coefficient (Wildman–Crippen LogP) is 1.52. The lowest BCUT2D eigenvalue weighted by atomic mass is 10.5. The van der Waals surface area contributed by atoms with E-state index < -0.39 is 10.0 Å². The van der Waals surface area contributed by atoms with Crippen LogP contribution in [0.4, 0.5) is 5.69 Å². The Morgan fingerprint density at radius 3 is 2.69 bits per heavy atom. The first kappa shape index (κ1) is 10.9. The van der Waals surface area contributed by atoms with Crippen molar-refractivity contribution in [2.24, 2.45) is 0 Å². The summed E-state index contributed by atoms with van der Waals surface area (Å²) in [6.45, 7) is 0. The molecule has 0 unspecified atom stereocenters. The molecule has 0 saturated heterocycles. The lowest BCUT2D eigenvalue weighted by molar-refractivity contribution is 0.420. The van der Waals surface area contributed by atoms with Crippen LogP contribution in [0.3, 0.4) is 0 Å². The first-order valence-corrected chi connectivity index (χ1v) is 5.98. The highest BCUT2D eigenvalue weighted by Crippen LogP contribution is 2.15. The number of rotatable bonds is 3. The van der Waals surface area contributed by atoms with Crippen LogP contribution in [0, 0.1) is 0 Å². The van der Waals surface area contributed by atoms with Crippen molar-refractivity contribution in [2.75, 3.05) is 4.72 Å². The van der Waals surface area contributed by atoms with Crippen LogP contribution < -0.4 is 4.72 Å². The molecule has 0 radical (unpaired) electrons. The van der Waals surface area contributed by atoms with Crippen molar-refractivity contribution in [3.63, 3.8) is 0 Å². The zero-order chi connectivity index (χ0) is 11.6. The van der Waals surface area contributed by atoms with Gasteiger partial charge in [-0.05, 0) is 12.1 Å².